The first-order valence-electron chi connectivity index (χ1n) is 6.27. The van der Waals surface area contributed by atoms with Gasteiger partial charge in [-0.25, -0.2) is 8.78 Å². The second-order valence-corrected chi connectivity index (χ2v) is 6.19. The van der Waals surface area contributed by atoms with Gasteiger partial charge >= 0.3 is 0 Å². The van der Waals surface area contributed by atoms with Crippen LogP contribution >= 0.6 is 15.9 Å². The lowest BCUT2D eigenvalue weighted by Crippen LogP contribution is -2.42. The predicted octanol–water partition coefficient (Wildman–Crippen LogP) is 3.36. The van der Waals surface area contributed by atoms with E-state index in [0.29, 0.717) is 6.42 Å². The van der Waals surface area contributed by atoms with Crippen LogP contribution < -0.4 is 5.73 Å². The standard InChI is InChI=1S/C14H16BrF2NO/c1-14(6-2-3-11(14)18)12(19)7-8-10(16)5-4-9(15)13(8)17/h4-5,11H,2-3,6-7,18H2,1H3. The van der Waals surface area contributed by atoms with Crippen LogP contribution in [0, 0.1) is 17.0 Å². The third-order valence-corrected chi connectivity index (χ3v) is 4.76. The number of carbonyl (C=O) groups is 1. The van der Waals surface area contributed by atoms with E-state index in [9.17, 15) is 13.6 Å². The highest BCUT2D eigenvalue weighted by Gasteiger charge is 2.42. The summed E-state index contributed by atoms with van der Waals surface area (Å²) in [5.41, 5.74) is 5.11. The molecule has 0 saturated heterocycles. The van der Waals surface area contributed by atoms with Crippen molar-refractivity contribution in [1.29, 1.82) is 0 Å². The number of rotatable bonds is 3. The first kappa shape index (κ1) is 14.6. The van der Waals surface area contributed by atoms with E-state index in [2.05, 4.69) is 15.9 Å². The van der Waals surface area contributed by atoms with Crippen LogP contribution in [0.15, 0.2) is 16.6 Å². The molecule has 0 radical (unpaired) electrons. The average Bonchev–Trinajstić information content (AvgIpc) is 2.71. The fourth-order valence-corrected chi connectivity index (χ4v) is 3.00. The van der Waals surface area contributed by atoms with Crippen molar-refractivity contribution in [1.82, 2.24) is 0 Å². The summed E-state index contributed by atoms with van der Waals surface area (Å²) >= 11 is 3.00. The maximum Gasteiger partial charge on any atom is 0.144 e. The van der Waals surface area contributed by atoms with Gasteiger partial charge in [-0.1, -0.05) is 13.3 Å². The van der Waals surface area contributed by atoms with Gasteiger partial charge in [-0.15, -0.1) is 0 Å². The molecular weight excluding hydrogens is 316 g/mol. The monoisotopic (exact) mass is 331 g/mol. The van der Waals surface area contributed by atoms with Gasteiger partial charge in [0.25, 0.3) is 0 Å². The van der Waals surface area contributed by atoms with E-state index in [1.54, 1.807) is 6.92 Å². The zero-order chi connectivity index (χ0) is 14.2. The van der Waals surface area contributed by atoms with Gasteiger partial charge in [-0.3, -0.25) is 4.79 Å². The van der Waals surface area contributed by atoms with E-state index in [1.165, 1.54) is 6.07 Å². The molecule has 1 aliphatic carbocycles. The molecule has 2 atom stereocenters. The summed E-state index contributed by atoms with van der Waals surface area (Å²) in [6.07, 6.45) is 2.10. The summed E-state index contributed by atoms with van der Waals surface area (Å²) < 4.78 is 27.7. The van der Waals surface area contributed by atoms with Crippen molar-refractivity contribution in [3.8, 4) is 0 Å². The molecule has 2 N–H and O–H groups in total. The molecular formula is C14H16BrF2NO. The van der Waals surface area contributed by atoms with Crippen LogP contribution in [0.5, 0.6) is 0 Å². The molecule has 0 amide bonds. The Morgan fingerprint density at radius 3 is 2.79 bits per heavy atom. The largest absolute Gasteiger partial charge is 0.327 e. The van der Waals surface area contributed by atoms with Crippen molar-refractivity contribution in [2.45, 2.75) is 38.6 Å². The van der Waals surface area contributed by atoms with Crippen molar-refractivity contribution in [3.05, 3.63) is 33.8 Å². The van der Waals surface area contributed by atoms with Crippen molar-refractivity contribution < 1.29 is 13.6 Å². The highest BCUT2D eigenvalue weighted by atomic mass is 79.9. The molecule has 0 aliphatic heterocycles. The number of halogens is 3. The topological polar surface area (TPSA) is 43.1 Å². The molecule has 0 bridgehead atoms. The van der Waals surface area contributed by atoms with Gasteiger partial charge in [-0.05, 0) is 40.9 Å². The normalized spacial score (nSPS) is 26.7. The zero-order valence-electron chi connectivity index (χ0n) is 10.7. The third kappa shape index (κ3) is 2.58. The molecule has 2 nitrogen and oxygen atoms in total. The molecule has 1 aromatic carbocycles. The minimum atomic E-state index is -0.705. The fraction of sp³-hybridized carbons (Fsp3) is 0.500. The first-order chi connectivity index (χ1) is 8.86. The molecule has 104 valence electrons. The number of hydrogen-bond acceptors (Lipinski definition) is 2. The Labute approximate surface area is 119 Å². The second-order valence-electron chi connectivity index (χ2n) is 5.34. The summed E-state index contributed by atoms with van der Waals surface area (Å²) in [5, 5.41) is 0. The van der Waals surface area contributed by atoms with Gasteiger partial charge in [0.15, 0.2) is 0 Å². The second kappa shape index (κ2) is 5.29. The Bertz CT molecular complexity index is 520. The molecule has 5 heteroatoms. The average molecular weight is 332 g/mol. The van der Waals surface area contributed by atoms with Gasteiger partial charge in [0, 0.05) is 23.4 Å². The number of carbonyl (C=O) groups excluding carboxylic acids is 1. The molecule has 0 aromatic heterocycles. The van der Waals surface area contributed by atoms with Gasteiger partial charge in [-0.2, -0.15) is 0 Å². The van der Waals surface area contributed by atoms with Gasteiger partial charge in [0.05, 0.1) is 4.47 Å². The Morgan fingerprint density at radius 1 is 1.53 bits per heavy atom. The van der Waals surface area contributed by atoms with Crippen LogP contribution in [0.1, 0.15) is 31.7 Å². The summed E-state index contributed by atoms with van der Waals surface area (Å²) in [6, 6.07) is 2.23. The van der Waals surface area contributed by atoms with Gasteiger partial charge < -0.3 is 5.73 Å². The predicted molar refractivity (Wildman–Crippen MR) is 72.7 cm³/mol. The van der Waals surface area contributed by atoms with E-state index >= 15 is 0 Å². The molecule has 2 rings (SSSR count). The van der Waals surface area contributed by atoms with Crippen LogP contribution in [0.4, 0.5) is 8.78 Å². The molecule has 1 fully saturated rings. The lowest BCUT2D eigenvalue weighted by atomic mass is 9.78. The van der Waals surface area contributed by atoms with E-state index in [0.717, 1.165) is 18.9 Å². The van der Waals surface area contributed by atoms with Crippen molar-refractivity contribution in [2.75, 3.05) is 0 Å². The number of benzene rings is 1. The van der Waals surface area contributed by atoms with Crippen molar-refractivity contribution in [2.24, 2.45) is 11.1 Å². The Kier molecular flexibility index (Phi) is 4.06. The van der Waals surface area contributed by atoms with Gasteiger partial charge in [0.1, 0.15) is 17.4 Å². The first-order valence-corrected chi connectivity index (χ1v) is 7.07. The summed E-state index contributed by atoms with van der Waals surface area (Å²) in [7, 11) is 0. The van der Waals surface area contributed by atoms with Crippen LogP contribution in [0.2, 0.25) is 0 Å². The Hall–Kier alpha value is -0.810. The van der Waals surface area contributed by atoms with Crippen LogP contribution in [0.3, 0.4) is 0 Å². The maximum absolute atomic E-state index is 13.9. The highest BCUT2D eigenvalue weighted by Crippen LogP contribution is 2.38. The quantitative estimate of drug-likeness (QED) is 0.863. The minimum Gasteiger partial charge on any atom is -0.327 e. The van der Waals surface area contributed by atoms with Crippen LogP contribution in [0.25, 0.3) is 0 Å². The molecule has 1 saturated carbocycles. The van der Waals surface area contributed by atoms with E-state index < -0.39 is 17.0 Å². The van der Waals surface area contributed by atoms with Crippen LogP contribution in [-0.4, -0.2) is 11.8 Å². The number of nitrogens with two attached hydrogens (primary N) is 1. The fourth-order valence-electron chi connectivity index (χ4n) is 2.63. The van der Waals surface area contributed by atoms with Gasteiger partial charge in [0.2, 0.25) is 0 Å². The Morgan fingerprint density at radius 2 is 2.21 bits per heavy atom. The van der Waals surface area contributed by atoms with Crippen molar-refractivity contribution >= 4 is 21.7 Å². The molecule has 0 spiro atoms. The third-order valence-electron chi connectivity index (χ3n) is 4.14. The molecule has 1 aliphatic rings. The van der Waals surface area contributed by atoms with E-state index in [-0.39, 0.29) is 28.3 Å². The van der Waals surface area contributed by atoms with Crippen molar-refractivity contribution in [3.63, 3.8) is 0 Å². The number of hydrogen-bond donors (Lipinski definition) is 1. The SMILES string of the molecule is CC1(C(=O)Cc2c(F)ccc(Br)c2F)CCCC1N. The Balaban J connectivity index is 2.27. The number of ketones is 1. The van der Waals surface area contributed by atoms with Crippen LogP contribution in [-0.2, 0) is 11.2 Å². The highest BCUT2D eigenvalue weighted by molar-refractivity contribution is 9.10. The minimum absolute atomic E-state index is 0.164. The smallest absolute Gasteiger partial charge is 0.144 e. The summed E-state index contributed by atoms with van der Waals surface area (Å²) in [5.74, 6) is -1.58. The molecule has 2 unspecified atom stereocenters. The van der Waals surface area contributed by atoms with E-state index in [1.807, 2.05) is 0 Å². The number of Topliss-reactive ketones (excluding diaryl/α,β-unsaturated/α-hetero) is 1. The molecule has 0 heterocycles. The maximum atomic E-state index is 13.9. The van der Waals surface area contributed by atoms with E-state index in [4.69, 9.17) is 5.73 Å². The molecule has 19 heavy (non-hydrogen) atoms. The lowest BCUT2D eigenvalue weighted by molar-refractivity contribution is -0.127. The summed E-state index contributed by atoms with van der Waals surface area (Å²) in [6.45, 7) is 1.79. The lowest BCUT2D eigenvalue weighted by Gasteiger charge is -2.27. The summed E-state index contributed by atoms with van der Waals surface area (Å²) in [4.78, 5) is 12.3. The molecule has 1 aromatic rings. The zero-order valence-corrected chi connectivity index (χ0v) is 12.3.